The van der Waals surface area contributed by atoms with Crippen molar-refractivity contribution in [3.8, 4) is 17.6 Å². The number of amides is 1. The highest BCUT2D eigenvalue weighted by Gasteiger charge is 2.14. The molecule has 9 heteroatoms. The van der Waals surface area contributed by atoms with Gasteiger partial charge in [-0.25, -0.2) is 0 Å². The van der Waals surface area contributed by atoms with Crippen molar-refractivity contribution in [1.82, 2.24) is 10.2 Å². The summed E-state index contributed by atoms with van der Waals surface area (Å²) in [5.74, 6) is -0.292. The zero-order valence-electron chi connectivity index (χ0n) is 12.8. The molecule has 2 N–H and O–H groups in total. The number of nitrogens with zero attached hydrogens (tertiary/aromatic N) is 3. The Morgan fingerprint density at radius 1 is 1.54 bits per heavy atom. The quantitative estimate of drug-likeness (QED) is 0.407. The van der Waals surface area contributed by atoms with Gasteiger partial charge in [-0.3, -0.25) is 10.1 Å². The number of carbonyl (C=O) groups excluding carboxylic acids is 1. The number of aromatic hydroxyl groups is 1. The van der Waals surface area contributed by atoms with Gasteiger partial charge in [-0.2, -0.15) is 5.26 Å². The molecule has 1 amide bonds. The first kappa shape index (κ1) is 18.2. The number of hydrogen-bond donors (Lipinski definition) is 2. The van der Waals surface area contributed by atoms with Gasteiger partial charge in [-0.15, -0.1) is 10.2 Å². The van der Waals surface area contributed by atoms with Crippen molar-refractivity contribution < 1.29 is 14.6 Å². The van der Waals surface area contributed by atoms with Crippen LogP contribution < -0.4 is 10.1 Å². The summed E-state index contributed by atoms with van der Waals surface area (Å²) in [5.41, 5.74) is 0.471. The first-order valence-corrected chi connectivity index (χ1v) is 8.70. The second-order valence-corrected chi connectivity index (χ2v) is 6.76. The number of hydrogen-bond acceptors (Lipinski definition) is 7. The van der Waals surface area contributed by atoms with E-state index in [4.69, 9.17) is 4.74 Å². The van der Waals surface area contributed by atoms with Crippen LogP contribution in [0.5, 0.6) is 11.5 Å². The number of anilines is 1. The maximum atomic E-state index is 12.2. The van der Waals surface area contributed by atoms with E-state index in [-0.39, 0.29) is 17.1 Å². The average Bonchev–Trinajstić information content (AvgIpc) is 3.02. The molecule has 1 aromatic heterocycles. The Balaban J connectivity index is 2.27. The maximum absolute atomic E-state index is 12.2. The van der Waals surface area contributed by atoms with E-state index in [0.717, 1.165) is 11.4 Å². The minimum Gasteiger partial charge on any atom is -0.504 e. The molecule has 1 aromatic carbocycles. The maximum Gasteiger partial charge on any atom is 0.268 e. The molecule has 24 heavy (non-hydrogen) atoms. The summed E-state index contributed by atoms with van der Waals surface area (Å²) in [7, 11) is 1.43. The number of benzene rings is 1. The van der Waals surface area contributed by atoms with E-state index in [0.29, 0.717) is 14.3 Å². The minimum atomic E-state index is -0.571. The molecule has 0 saturated heterocycles. The van der Waals surface area contributed by atoms with Crippen LogP contribution in [-0.2, 0) is 11.2 Å². The lowest BCUT2D eigenvalue weighted by Crippen LogP contribution is -2.13. The number of ether oxygens (including phenoxy) is 1. The van der Waals surface area contributed by atoms with Gasteiger partial charge in [-0.05, 0) is 52.8 Å². The first-order chi connectivity index (χ1) is 11.5. The van der Waals surface area contributed by atoms with E-state index in [9.17, 15) is 15.2 Å². The Bertz CT molecular complexity index is 842. The molecule has 0 unspecified atom stereocenters. The highest BCUT2D eigenvalue weighted by molar-refractivity contribution is 14.1. The fourth-order valence-corrected chi connectivity index (χ4v) is 3.06. The predicted molar refractivity (Wildman–Crippen MR) is 98.9 cm³/mol. The van der Waals surface area contributed by atoms with E-state index >= 15 is 0 Å². The van der Waals surface area contributed by atoms with Crippen molar-refractivity contribution >= 4 is 51.0 Å². The molecule has 0 saturated carbocycles. The smallest absolute Gasteiger partial charge is 0.268 e. The van der Waals surface area contributed by atoms with E-state index < -0.39 is 5.91 Å². The van der Waals surface area contributed by atoms with Crippen molar-refractivity contribution in [2.24, 2.45) is 0 Å². The van der Waals surface area contributed by atoms with Crippen molar-refractivity contribution in [1.29, 1.82) is 5.26 Å². The molecule has 2 aromatic rings. The summed E-state index contributed by atoms with van der Waals surface area (Å²) in [6.07, 6.45) is 2.14. The molecule has 7 nitrogen and oxygen atoms in total. The van der Waals surface area contributed by atoms with E-state index in [1.807, 2.05) is 35.6 Å². The van der Waals surface area contributed by atoms with Crippen molar-refractivity contribution in [2.75, 3.05) is 12.4 Å². The molecule has 0 aliphatic heterocycles. The number of methoxy groups -OCH3 is 1. The number of aryl methyl sites for hydroxylation is 1. The third-order valence-electron chi connectivity index (χ3n) is 2.94. The number of halogens is 1. The van der Waals surface area contributed by atoms with Crippen LogP contribution in [0.25, 0.3) is 6.08 Å². The number of phenolic OH excluding ortho intramolecular Hbond substituents is 1. The molecule has 0 radical (unpaired) electrons. The lowest BCUT2D eigenvalue weighted by atomic mass is 10.1. The number of nitrogens with one attached hydrogen (secondary N) is 1. The summed E-state index contributed by atoms with van der Waals surface area (Å²) in [5, 5.41) is 30.5. The molecule has 0 aliphatic rings. The van der Waals surface area contributed by atoms with E-state index in [1.54, 1.807) is 12.1 Å². The first-order valence-electron chi connectivity index (χ1n) is 6.80. The summed E-state index contributed by atoms with van der Waals surface area (Å²) < 4.78 is 5.62. The van der Waals surface area contributed by atoms with Gasteiger partial charge < -0.3 is 9.84 Å². The highest BCUT2D eigenvalue weighted by atomic mass is 127. The number of carbonyl (C=O) groups is 1. The predicted octanol–water partition coefficient (Wildman–Crippen LogP) is 2.96. The molecular weight excluding hydrogens is 443 g/mol. The van der Waals surface area contributed by atoms with Gasteiger partial charge in [0.1, 0.15) is 16.6 Å². The Hall–Kier alpha value is -2.19. The van der Waals surface area contributed by atoms with Crippen LogP contribution >= 0.6 is 33.9 Å². The van der Waals surface area contributed by atoms with Crippen LogP contribution in [0.1, 0.15) is 17.5 Å². The van der Waals surface area contributed by atoms with Crippen molar-refractivity contribution in [2.45, 2.75) is 13.3 Å². The molecular formula is C15H13IN4O3S. The Kier molecular flexibility index (Phi) is 6.10. The highest BCUT2D eigenvalue weighted by Crippen LogP contribution is 2.33. The Morgan fingerprint density at radius 2 is 2.29 bits per heavy atom. The Labute approximate surface area is 156 Å². The molecule has 124 valence electrons. The number of rotatable bonds is 5. The van der Waals surface area contributed by atoms with Crippen LogP contribution in [0.2, 0.25) is 0 Å². The van der Waals surface area contributed by atoms with Gasteiger partial charge in [-0.1, -0.05) is 18.3 Å². The van der Waals surface area contributed by atoms with Crippen LogP contribution in [0.4, 0.5) is 5.13 Å². The minimum absolute atomic E-state index is 0.0131. The monoisotopic (exact) mass is 456 g/mol. The molecule has 1 heterocycles. The summed E-state index contributed by atoms with van der Waals surface area (Å²) in [6, 6.07) is 5.05. The van der Waals surface area contributed by atoms with Crippen molar-refractivity contribution in [3.63, 3.8) is 0 Å². The number of aromatic nitrogens is 2. The number of nitriles is 1. The van der Waals surface area contributed by atoms with Crippen LogP contribution in [0.3, 0.4) is 0 Å². The third kappa shape index (κ3) is 4.21. The van der Waals surface area contributed by atoms with Gasteiger partial charge in [0, 0.05) is 0 Å². The average molecular weight is 456 g/mol. The van der Waals surface area contributed by atoms with Crippen LogP contribution in [0.15, 0.2) is 17.7 Å². The molecule has 0 fully saturated rings. The summed E-state index contributed by atoms with van der Waals surface area (Å²) >= 11 is 3.20. The van der Waals surface area contributed by atoms with Gasteiger partial charge in [0.05, 0.1) is 10.7 Å². The standard InChI is InChI=1S/C15H13IN4O3S/c1-3-12-19-20-15(24-12)18-14(22)9(7-17)4-8-5-10(16)13(21)11(6-8)23-2/h4-6,21H,3H2,1-2H3,(H,18,20,22). The molecule has 0 atom stereocenters. The van der Waals surface area contributed by atoms with Gasteiger partial charge >= 0.3 is 0 Å². The van der Waals surface area contributed by atoms with Crippen LogP contribution in [-0.4, -0.2) is 28.3 Å². The largest absolute Gasteiger partial charge is 0.504 e. The third-order valence-corrected chi connectivity index (χ3v) is 4.74. The fourth-order valence-electron chi connectivity index (χ4n) is 1.76. The zero-order chi connectivity index (χ0) is 17.7. The van der Waals surface area contributed by atoms with Gasteiger partial charge in [0.2, 0.25) is 5.13 Å². The van der Waals surface area contributed by atoms with Gasteiger partial charge in [0.15, 0.2) is 11.5 Å². The SMILES string of the molecule is CCc1nnc(NC(=O)C(C#N)=Cc2cc(I)c(O)c(OC)c2)s1. The molecule has 2 rings (SSSR count). The summed E-state index contributed by atoms with van der Waals surface area (Å²) in [4.78, 5) is 12.2. The molecule has 0 aliphatic carbocycles. The van der Waals surface area contributed by atoms with Gasteiger partial charge in [0.25, 0.3) is 5.91 Å². The zero-order valence-corrected chi connectivity index (χ0v) is 15.8. The number of phenols is 1. The molecule has 0 bridgehead atoms. The lowest BCUT2D eigenvalue weighted by molar-refractivity contribution is -0.112. The van der Waals surface area contributed by atoms with E-state index in [1.165, 1.54) is 24.5 Å². The molecule has 0 spiro atoms. The lowest BCUT2D eigenvalue weighted by Gasteiger charge is -2.07. The Morgan fingerprint density at radius 3 is 2.88 bits per heavy atom. The second kappa shape index (κ2) is 8.07. The second-order valence-electron chi connectivity index (χ2n) is 4.53. The normalized spacial score (nSPS) is 11.0. The fraction of sp³-hybridized carbons (Fsp3) is 0.200. The summed E-state index contributed by atoms with van der Waals surface area (Å²) in [6.45, 7) is 1.94. The van der Waals surface area contributed by atoms with Crippen molar-refractivity contribution in [3.05, 3.63) is 31.8 Å². The van der Waals surface area contributed by atoms with E-state index in [2.05, 4.69) is 15.5 Å². The topological polar surface area (TPSA) is 108 Å². The van der Waals surface area contributed by atoms with Crippen LogP contribution in [0, 0.1) is 14.9 Å².